The number of carbonyl (C=O) groups is 2. The van der Waals surface area contributed by atoms with Crippen LogP contribution in [0.3, 0.4) is 0 Å². The Balaban J connectivity index is 2.06. The predicted molar refractivity (Wildman–Crippen MR) is 107 cm³/mol. The van der Waals surface area contributed by atoms with Gasteiger partial charge >= 0.3 is 5.97 Å². The lowest BCUT2D eigenvalue weighted by Gasteiger charge is -2.21. The van der Waals surface area contributed by atoms with Crippen LogP contribution in [0.2, 0.25) is 0 Å². The average Bonchev–Trinajstić information content (AvgIpc) is 2.77. The summed E-state index contributed by atoms with van der Waals surface area (Å²) in [6.45, 7) is -0.371. The highest BCUT2D eigenvalue weighted by atomic mass is 16.5. The molecule has 0 bridgehead atoms. The Morgan fingerprint density at radius 2 is 1.76 bits per heavy atom. The molecule has 7 heteroatoms. The van der Waals surface area contributed by atoms with Crippen molar-refractivity contribution in [3.8, 4) is 17.9 Å². The molecule has 146 valence electrons. The van der Waals surface area contributed by atoms with Crippen molar-refractivity contribution in [2.24, 2.45) is 0 Å². The zero-order valence-electron chi connectivity index (χ0n) is 15.9. The second kappa shape index (κ2) is 10.9. The van der Waals surface area contributed by atoms with Gasteiger partial charge in [0, 0.05) is 12.2 Å². The first-order valence-electron chi connectivity index (χ1n) is 8.74. The molecule has 2 aromatic rings. The van der Waals surface area contributed by atoms with E-state index in [2.05, 4.69) is 0 Å². The summed E-state index contributed by atoms with van der Waals surface area (Å²) in [5.41, 5.74) is 0.981. The maximum absolute atomic E-state index is 12.5. The quantitative estimate of drug-likeness (QED) is 0.390. The lowest BCUT2D eigenvalue weighted by Crippen LogP contribution is -2.35. The average molecular weight is 389 g/mol. The topological polar surface area (TPSA) is 103 Å². The van der Waals surface area contributed by atoms with Gasteiger partial charge in [-0.15, -0.1) is 0 Å². The van der Waals surface area contributed by atoms with E-state index in [1.165, 1.54) is 18.1 Å². The van der Waals surface area contributed by atoms with Gasteiger partial charge in [-0.05, 0) is 35.9 Å². The lowest BCUT2D eigenvalue weighted by atomic mass is 10.1. The number of amides is 1. The Morgan fingerprint density at radius 1 is 1.07 bits per heavy atom. The highest BCUT2D eigenvalue weighted by Gasteiger charge is 2.19. The van der Waals surface area contributed by atoms with E-state index in [0.717, 1.165) is 0 Å². The van der Waals surface area contributed by atoms with Gasteiger partial charge in [0.25, 0.3) is 5.91 Å². The molecule has 0 fully saturated rings. The van der Waals surface area contributed by atoms with Crippen LogP contribution in [-0.4, -0.2) is 32.1 Å². The highest BCUT2D eigenvalue weighted by Crippen LogP contribution is 2.16. The van der Waals surface area contributed by atoms with Crippen molar-refractivity contribution in [3.63, 3.8) is 0 Å². The van der Waals surface area contributed by atoms with Crippen LogP contribution in [0.5, 0.6) is 5.75 Å². The lowest BCUT2D eigenvalue weighted by molar-refractivity contribution is -0.143. The molecule has 0 aromatic heterocycles. The van der Waals surface area contributed by atoms with Crippen molar-refractivity contribution in [3.05, 3.63) is 65.7 Å². The van der Waals surface area contributed by atoms with Crippen LogP contribution in [0.25, 0.3) is 6.08 Å². The number of nitriles is 2. The molecule has 0 aliphatic heterocycles. The maximum atomic E-state index is 12.5. The molecule has 2 rings (SSSR count). The fraction of sp³-hybridized carbons (Fsp3) is 0.182. The molecule has 1 amide bonds. The number of carbonyl (C=O) groups excluding carboxylic acids is 2. The van der Waals surface area contributed by atoms with Gasteiger partial charge in [-0.2, -0.15) is 10.5 Å². The van der Waals surface area contributed by atoms with E-state index in [9.17, 15) is 14.9 Å². The van der Waals surface area contributed by atoms with E-state index in [-0.39, 0.29) is 18.5 Å². The first-order valence-corrected chi connectivity index (χ1v) is 8.74. The Bertz CT molecular complexity index is 954. The second-order valence-corrected chi connectivity index (χ2v) is 5.81. The monoisotopic (exact) mass is 389 g/mol. The normalized spacial score (nSPS) is 10.4. The number of hydrogen-bond donors (Lipinski definition) is 0. The van der Waals surface area contributed by atoms with Gasteiger partial charge in [0.2, 0.25) is 0 Å². The molecular formula is C22H19N3O4. The molecule has 0 aliphatic carbocycles. The molecule has 0 N–H and O–H groups in total. The largest absolute Gasteiger partial charge is 0.497 e. The second-order valence-electron chi connectivity index (χ2n) is 5.81. The fourth-order valence-electron chi connectivity index (χ4n) is 2.45. The first kappa shape index (κ1) is 21.2. The fourth-order valence-corrected chi connectivity index (χ4v) is 2.45. The van der Waals surface area contributed by atoms with E-state index in [1.807, 2.05) is 6.07 Å². The van der Waals surface area contributed by atoms with Crippen LogP contribution in [0.15, 0.2) is 60.2 Å². The number of ether oxygens (including phenoxy) is 2. The van der Waals surface area contributed by atoms with Gasteiger partial charge in [0.1, 0.15) is 17.4 Å². The molecule has 29 heavy (non-hydrogen) atoms. The molecule has 0 saturated carbocycles. The van der Waals surface area contributed by atoms with Crippen molar-refractivity contribution in [2.45, 2.75) is 6.42 Å². The highest BCUT2D eigenvalue weighted by molar-refractivity contribution is 6.00. The number of para-hydroxylation sites is 1. The van der Waals surface area contributed by atoms with Gasteiger partial charge in [-0.1, -0.05) is 30.3 Å². The summed E-state index contributed by atoms with van der Waals surface area (Å²) in [7, 11) is 1.54. The number of benzene rings is 2. The van der Waals surface area contributed by atoms with E-state index in [4.69, 9.17) is 14.7 Å². The molecular weight excluding hydrogens is 370 g/mol. The van der Waals surface area contributed by atoms with Gasteiger partial charge in [-0.25, -0.2) is 4.79 Å². The number of anilines is 1. The SMILES string of the molecule is COc1ccc(/C=C(/C#N)C(=O)OCC(=O)N(CCC#N)c2ccccc2)cc1. The van der Waals surface area contributed by atoms with Crippen LogP contribution < -0.4 is 9.64 Å². The van der Waals surface area contributed by atoms with Crippen LogP contribution >= 0.6 is 0 Å². The third kappa shape index (κ3) is 6.23. The zero-order chi connectivity index (χ0) is 21.1. The van der Waals surface area contributed by atoms with E-state index in [1.54, 1.807) is 60.7 Å². The van der Waals surface area contributed by atoms with Crippen LogP contribution in [-0.2, 0) is 14.3 Å². The first-order chi connectivity index (χ1) is 14.1. The predicted octanol–water partition coefficient (Wildman–Crippen LogP) is 3.09. The van der Waals surface area contributed by atoms with Gasteiger partial charge in [0.15, 0.2) is 6.61 Å². The Labute approximate surface area is 169 Å². The molecule has 0 spiro atoms. The summed E-state index contributed by atoms with van der Waals surface area (Å²) in [6, 6.07) is 19.3. The number of esters is 1. The summed E-state index contributed by atoms with van der Waals surface area (Å²) >= 11 is 0. The number of methoxy groups -OCH3 is 1. The van der Waals surface area contributed by atoms with E-state index in [0.29, 0.717) is 17.0 Å². The number of hydrogen-bond acceptors (Lipinski definition) is 6. The molecule has 0 radical (unpaired) electrons. The number of nitrogens with zero attached hydrogens (tertiary/aromatic N) is 3. The number of rotatable bonds is 8. The summed E-state index contributed by atoms with van der Waals surface area (Å²) in [6.07, 6.45) is 1.51. The minimum atomic E-state index is -0.898. The molecule has 0 unspecified atom stereocenters. The summed E-state index contributed by atoms with van der Waals surface area (Å²) in [4.78, 5) is 26.1. The van der Waals surface area contributed by atoms with Gasteiger partial charge in [-0.3, -0.25) is 4.79 Å². The summed E-state index contributed by atoms with van der Waals surface area (Å²) < 4.78 is 10.1. The van der Waals surface area contributed by atoms with Crippen LogP contribution in [0.4, 0.5) is 5.69 Å². The minimum absolute atomic E-state index is 0.134. The summed E-state index contributed by atoms with van der Waals surface area (Å²) in [5.74, 6) is -0.737. The van der Waals surface area contributed by atoms with Crippen molar-refractivity contribution in [2.75, 3.05) is 25.2 Å². The minimum Gasteiger partial charge on any atom is -0.497 e. The molecule has 0 atom stereocenters. The Kier molecular flexibility index (Phi) is 7.97. The molecule has 0 saturated heterocycles. The Hall–Kier alpha value is -4.10. The zero-order valence-corrected chi connectivity index (χ0v) is 15.9. The third-order valence-electron chi connectivity index (χ3n) is 3.91. The van der Waals surface area contributed by atoms with E-state index >= 15 is 0 Å². The van der Waals surface area contributed by atoms with Crippen LogP contribution in [0, 0.1) is 22.7 Å². The third-order valence-corrected chi connectivity index (χ3v) is 3.91. The van der Waals surface area contributed by atoms with Crippen molar-refractivity contribution < 1.29 is 19.1 Å². The standard InChI is InChI=1S/C22H19N3O4/c1-28-20-10-8-17(9-11-20)14-18(15-24)22(27)29-16-21(26)25(13-5-12-23)19-6-3-2-4-7-19/h2-4,6-11,14H,5,13,16H2,1H3/b18-14-. The molecule has 2 aromatic carbocycles. The molecule has 0 heterocycles. The Morgan fingerprint density at radius 3 is 2.34 bits per heavy atom. The van der Waals surface area contributed by atoms with Crippen molar-refractivity contribution in [1.82, 2.24) is 0 Å². The van der Waals surface area contributed by atoms with Gasteiger partial charge in [0.05, 0.1) is 19.6 Å². The van der Waals surface area contributed by atoms with Crippen molar-refractivity contribution in [1.29, 1.82) is 10.5 Å². The molecule has 7 nitrogen and oxygen atoms in total. The van der Waals surface area contributed by atoms with Gasteiger partial charge < -0.3 is 14.4 Å². The molecule has 0 aliphatic rings. The van der Waals surface area contributed by atoms with Crippen LogP contribution in [0.1, 0.15) is 12.0 Å². The summed E-state index contributed by atoms with van der Waals surface area (Å²) in [5, 5.41) is 18.1. The van der Waals surface area contributed by atoms with E-state index < -0.39 is 18.5 Å². The maximum Gasteiger partial charge on any atom is 0.349 e. The smallest absolute Gasteiger partial charge is 0.349 e. The van der Waals surface area contributed by atoms with Crippen molar-refractivity contribution >= 4 is 23.6 Å².